The SMILES string of the molecule is N#Cc1ccc(-c2ccc(N3CCN(CCC(=O)O)C3=O)cc2)cc1Cl. The Hall–Kier alpha value is -3.04. The van der Waals surface area contributed by atoms with Crippen LogP contribution < -0.4 is 4.90 Å². The number of halogens is 1. The van der Waals surface area contributed by atoms with E-state index in [2.05, 4.69) is 0 Å². The number of carbonyl (C=O) groups is 2. The average molecular weight is 370 g/mol. The van der Waals surface area contributed by atoms with E-state index < -0.39 is 5.97 Å². The van der Waals surface area contributed by atoms with Crippen LogP contribution in [0.3, 0.4) is 0 Å². The number of benzene rings is 2. The lowest BCUT2D eigenvalue weighted by atomic mass is 10.0. The predicted octanol–water partition coefficient (Wildman–Crippen LogP) is 3.60. The molecular weight excluding hydrogens is 354 g/mol. The van der Waals surface area contributed by atoms with Crippen molar-refractivity contribution in [3.8, 4) is 17.2 Å². The zero-order valence-electron chi connectivity index (χ0n) is 13.9. The summed E-state index contributed by atoms with van der Waals surface area (Å²) in [5.41, 5.74) is 3.00. The first-order valence-corrected chi connectivity index (χ1v) is 8.45. The Labute approximate surface area is 155 Å². The molecule has 0 unspecified atom stereocenters. The van der Waals surface area contributed by atoms with Gasteiger partial charge < -0.3 is 10.0 Å². The molecule has 1 N–H and O–H groups in total. The van der Waals surface area contributed by atoms with Crippen molar-refractivity contribution in [2.75, 3.05) is 24.5 Å². The fourth-order valence-corrected chi connectivity index (χ4v) is 3.10. The average Bonchev–Trinajstić information content (AvgIpc) is 3.00. The van der Waals surface area contributed by atoms with Gasteiger partial charge in [0.05, 0.1) is 17.0 Å². The maximum atomic E-state index is 12.4. The first-order chi connectivity index (χ1) is 12.5. The second kappa shape index (κ2) is 7.46. The Morgan fingerprint density at radius 1 is 1.15 bits per heavy atom. The fraction of sp³-hybridized carbons (Fsp3) is 0.211. The second-order valence-corrected chi connectivity index (χ2v) is 6.33. The van der Waals surface area contributed by atoms with E-state index in [4.69, 9.17) is 22.0 Å². The van der Waals surface area contributed by atoms with E-state index in [1.807, 2.05) is 36.4 Å². The van der Waals surface area contributed by atoms with Crippen LogP contribution in [0.25, 0.3) is 11.1 Å². The molecule has 1 aliphatic rings. The summed E-state index contributed by atoms with van der Waals surface area (Å²) in [4.78, 5) is 26.3. The van der Waals surface area contributed by atoms with Gasteiger partial charge in [-0.1, -0.05) is 29.8 Å². The highest BCUT2D eigenvalue weighted by Gasteiger charge is 2.29. The van der Waals surface area contributed by atoms with Crippen LogP contribution >= 0.6 is 11.6 Å². The largest absolute Gasteiger partial charge is 0.481 e. The van der Waals surface area contributed by atoms with E-state index in [9.17, 15) is 9.59 Å². The Morgan fingerprint density at radius 2 is 1.85 bits per heavy atom. The molecule has 0 bridgehead atoms. The van der Waals surface area contributed by atoms with Crippen molar-refractivity contribution >= 4 is 29.3 Å². The minimum absolute atomic E-state index is 0.0576. The molecular formula is C19H16ClN3O3. The van der Waals surface area contributed by atoms with Gasteiger partial charge in [-0.2, -0.15) is 5.26 Å². The minimum atomic E-state index is -0.915. The molecule has 26 heavy (non-hydrogen) atoms. The number of urea groups is 1. The highest BCUT2D eigenvalue weighted by Crippen LogP contribution is 2.28. The van der Waals surface area contributed by atoms with Gasteiger partial charge in [-0.15, -0.1) is 0 Å². The lowest BCUT2D eigenvalue weighted by molar-refractivity contribution is -0.137. The molecule has 1 heterocycles. The molecule has 3 rings (SSSR count). The first kappa shape index (κ1) is 17.8. The molecule has 6 nitrogen and oxygen atoms in total. The number of carbonyl (C=O) groups excluding carboxylic acids is 1. The molecule has 0 radical (unpaired) electrons. The van der Waals surface area contributed by atoms with Crippen LogP contribution in [0, 0.1) is 11.3 Å². The van der Waals surface area contributed by atoms with E-state index in [1.54, 1.807) is 21.9 Å². The van der Waals surface area contributed by atoms with E-state index in [0.717, 1.165) is 16.8 Å². The predicted molar refractivity (Wildman–Crippen MR) is 98.2 cm³/mol. The Kier molecular flexibility index (Phi) is 5.10. The number of amides is 2. The van der Waals surface area contributed by atoms with Crippen LogP contribution in [0.1, 0.15) is 12.0 Å². The highest BCUT2D eigenvalue weighted by molar-refractivity contribution is 6.32. The second-order valence-electron chi connectivity index (χ2n) is 5.92. The summed E-state index contributed by atoms with van der Waals surface area (Å²) in [6.45, 7) is 1.26. The molecule has 7 heteroatoms. The van der Waals surface area contributed by atoms with Crippen LogP contribution in [0.15, 0.2) is 42.5 Å². The summed E-state index contributed by atoms with van der Waals surface area (Å²) >= 11 is 6.08. The van der Waals surface area contributed by atoms with Crippen LogP contribution in [-0.4, -0.2) is 41.6 Å². The fourth-order valence-electron chi connectivity index (χ4n) is 2.88. The van der Waals surface area contributed by atoms with Gasteiger partial charge in [-0.3, -0.25) is 9.69 Å². The van der Waals surface area contributed by atoms with Gasteiger partial charge in [0, 0.05) is 25.3 Å². The Morgan fingerprint density at radius 3 is 2.46 bits per heavy atom. The standard InChI is InChI=1S/C19H16ClN3O3/c20-17-11-14(1-2-15(17)12-21)13-3-5-16(6-4-13)23-10-9-22(19(23)26)8-7-18(24)25/h1-6,11H,7-10H2,(H,24,25). The molecule has 0 spiro atoms. The molecule has 0 aromatic heterocycles. The third kappa shape index (κ3) is 3.63. The van der Waals surface area contributed by atoms with Crippen molar-refractivity contribution in [1.82, 2.24) is 4.90 Å². The van der Waals surface area contributed by atoms with Gasteiger partial charge in [0.1, 0.15) is 6.07 Å². The number of nitrogens with zero attached hydrogens (tertiary/aromatic N) is 3. The number of carboxylic acid groups (broad SMARTS) is 1. The maximum Gasteiger partial charge on any atom is 0.324 e. The molecule has 0 aliphatic carbocycles. The van der Waals surface area contributed by atoms with E-state index in [-0.39, 0.29) is 19.0 Å². The molecule has 0 atom stereocenters. The van der Waals surface area contributed by atoms with Crippen molar-refractivity contribution in [3.05, 3.63) is 53.1 Å². The number of hydrogen-bond acceptors (Lipinski definition) is 3. The van der Waals surface area contributed by atoms with Crippen molar-refractivity contribution < 1.29 is 14.7 Å². The number of hydrogen-bond donors (Lipinski definition) is 1. The lowest BCUT2D eigenvalue weighted by Gasteiger charge is -2.18. The minimum Gasteiger partial charge on any atom is -0.481 e. The zero-order chi connectivity index (χ0) is 18.7. The molecule has 2 aromatic carbocycles. The van der Waals surface area contributed by atoms with Crippen LogP contribution in [-0.2, 0) is 4.79 Å². The summed E-state index contributed by atoms with van der Waals surface area (Å²) < 4.78 is 0. The molecule has 1 fully saturated rings. The lowest BCUT2D eigenvalue weighted by Crippen LogP contribution is -2.33. The molecule has 132 valence electrons. The van der Waals surface area contributed by atoms with Crippen molar-refractivity contribution in [2.24, 2.45) is 0 Å². The number of nitriles is 1. The molecule has 2 aromatic rings. The molecule has 2 amide bonds. The quantitative estimate of drug-likeness (QED) is 0.872. The third-order valence-corrected chi connectivity index (χ3v) is 4.61. The summed E-state index contributed by atoms with van der Waals surface area (Å²) in [5, 5.41) is 18.1. The third-order valence-electron chi connectivity index (χ3n) is 4.29. The maximum absolute atomic E-state index is 12.4. The smallest absolute Gasteiger partial charge is 0.324 e. The summed E-state index contributed by atoms with van der Waals surface area (Å²) in [6.07, 6.45) is -0.0576. The van der Waals surface area contributed by atoms with Crippen LogP contribution in [0.2, 0.25) is 5.02 Å². The molecule has 1 aliphatic heterocycles. The van der Waals surface area contributed by atoms with Gasteiger partial charge >= 0.3 is 12.0 Å². The van der Waals surface area contributed by atoms with Crippen molar-refractivity contribution in [3.63, 3.8) is 0 Å². The van der Waals surface area contributed by atoms with E-state index in [0.29, 0.717) is 23.7 Å². The normalized spacial score (nSPS) is 13.8. The van der Waals surface area contributed by atoms with Crippen molar-refractivity contribution in [2.45, 2.75) is 6.42 Å². The number of anilines is 1. The van der Waals surface area contributed by atoms with Gasteiger partial charge in [0.2, 0.25) is 0 Å². The van der Waals surface area contributed by atoms with Crippen molar-refractivity contribution in [1.29, 1.82) is 5.26 Å². The van der Waals surface area contributed by atoms with Crippen LogP contribution in [0.5, 0.6) is 0 Å². The first-order valence-electron chi connectivity index (χ1n) is 8.08. The Balaban J connectivity index is 1.74. The number of rotatable bonds is 5. The topological polar surface area (TPSA) is 84.6 Å². The number of carboxylic acids is 1. The van der Waals surface area contributed by atoms with Gasteiger partial charge in [-0.05, 0) is 35.4 Å². The zero-order valence-corrected chi connectivity index (χ0v) is 14.6. The summed E-state index contributed by atoms with van der Waals surface area (Å²) in [6, 6.07) is 14.6. The Bertz CT molecular complexity index is 890. The molecule has 1 saturated heterocycles. The van der Waals surface area contributed by atoms with Gasteiger partial charge in [0.25, 0.3) is 0 Å². The number of aliphatic carboxylic acids is 1. The summed E-state index contributed by atoms with van der Waals surface area (Å²) in [5.74, 6) is -0.915. The van der Waals surface area contributed by atoms with Gasteiger partial charge in [-0.25, -0.2) is 4.79 Å². The monoisotopic (exact) mass is 369 g/mol. The molecule has 0 saturated carbocycles. The van der Waals surface area contributed by atoms with E-state index in [1.165, 1.54) is 0 Å². The highest BCUT2D eigenvalue weighted by atomic mass is 35.5. The summed E-state index contributed by atoms with van der Waals surface area (Å²) in [7, 11) is 0. The van der Waals surface area contributed by atoms with Gasteiger partial charge in [0.15, 0.2) is 0 Å². The van der Waals surface area contributed by atoms with Crippen LogP contribution in [0.4, 0.5) is 10.5 Å². The van der Waals surface area contributed by atoms with E-state index >= 15 is 0 Å².